The number of nitrogens with zero attached hydrogens (tertiary/aromatic N) is 2. The van der Waals surface area contributed by atoms with E-state index >= 15 is 0 Å². The van der Waals surface area contributed by atoms with Crippen molar-refractivity contribution < 1.29 is 28.3 Å². The van der Waals surface area contributed by atoms with Gasteiger partial charge in [-0.3, -0.25) is 19.4 Å². The number of aromatic nitrogens is 1. The van der Waals surface area contributed by atoms with Gasteiger partial charge in [0.05, 0.1) is 12.1 Å². The van der Waals surface area contributed by atoms with Crippen LogP contribution < -0.4 is 5.32 Å². The van der Waals surface area contributed by atoms with Gasteiger partial charge in [0, 0.05) is 29.7 Å². The highest BCUT2D eigenvalue weighted by Crippen LogP contribution is 2.35. The number of pyridine rings is 1. The molecule has 190 valence electrons. The monoisotopic (exact) mass is 513 g/mol. The minimum atomic E-state index is -1.44. The molecule has 8 nitrogen and oxygen atoms in total. The van der Waals surface area contributed by atoms with Crippen LogP contribution in [0.25, 0.3) is 6.08 Å². The van der Waals surface area contributed by atoms with E-state index in [9.17, 15) is 18.8 Å². The zero-order chi connectivity index (χ0) is 25.7. The Morgan fingerprint density at radius 3 is 2.86 bits per heavy atom. The van der Waals surface area contributed by atoms with Gasteiger partial charge in [0.15, 0.2) is 5.78 Å². The third-order valence-electron chi connectivity index (χ3n) is 6.46. The van der Waals surface area contributed by atoms with Crippen molar-refractivity contribution >= 4 is 40.8 Å². The lowest BCUT2D eigenvalue weighted by Crippen LogP contribution is -2.55. The van der Waals surface area contributed by atoms with Crippen LogP contribution in [0.5, 0.6) is 0 Å². The molecule has 3 heterocycles. The van der Waals surface area contributed by atoms with Gasteiger partial charge in [-0.25, -0.2) is 4.39 Å². The highest BCUT2D eigenvalue weighted by molar-refractivity contribution is 7.07. The van der Waals surface area contributed by atoms with Crippen molar-refractivity contribution in [2.24, 2.45) is 11.1 Å². The quantitative estimate of drug-likeness (QED) is 0.485. The number of hydrogen-bond acceptors (Lipinski definition) is 8. The number of alkyl halides is 1. The van der Waals surface area contributed by atoms with Gasteiger partial charge in [-0.2, -0.15) is 11.3 Å². The van der Waals surface area contributed by atoms with Crippen LogP contribution in [-0.2, 0) is 37.0 Å². The molecule has 2 aromatic rings. The van der Waals surface area contributed by atoms with E-state index in [1.54, 1.807) is 26.1 Å². The number of fused-ring (bicyclic) bond motifs is 1. The molecular formula is C26H28FN3O5S. The zero-order valence-electron chi connectivity index (χ0n) is 20.2. The Hall–Kier alpha value is -3.40. The number of allylic oxidation sites excluding steroid dienone is 1. The molecule has 1 unspecified atom stereocenters. The van der Waals surface area contributed by atoms with Gasteiger partial charge in [-0.05, 0) is 41.3 Å². The second kappa shape index (κ2) is 11.1. The average molecular weight is 514 g/mol. The molecule has 4 rings (SSSR count). The first-order chi connectivity index (χ1) is 17.3. The lowest BCUT2D eigenvalue weighted by molar-refractivity contribution is -0.153. The Labute approximate surface area is 212 Å². The van der Waals surface area contributed by atoms with Gasteiger partial charge in [0.1, 0.15) is 25.0 Å². The van der Waals surface area contributed by atoms with Gasteiger partial charge in [0.25, 0.3) is 5.91 Å². The topological polar surface area (TPSA) is 107 Å². The van der Waals surface area contributed by atoms with Crippen molar-refractivity contribution in [1.29, 1.82) is 0 Å². The summed E-state index contributed by atoms with van der Waals surface area (Å²) < 4.78 is 18.5. The fraction of sp³-hybridized carbons (Fsp3) is 0.423. The molecule has 2 atom stereocenters. The first-order valence-corrected chi connectivity index (χ1v) is 12.7. The van der Waals surface area contributed by atoms with E-state index in [1.165, 1.54) is 11.3 Å². The minimum Gasteiger partial charge on any atom is -0.461 e. The maximum Gasteiger partial charge on any atom is 0.308 e. The summed E-state index contributed by atoms with van der Waals surface area (Å²) in [6, 6.07) is 2.39. The van der Waals surface area contributed by atoms with Crippen molar-refractivity contribution in [3.05, 3.63) is 57.6 Å². The van der Waals surface area contributed by atoms with Crippen molar-refractivity contribution in [3.63, 3.8) is 0 Å². The predicted molar refractivity (Wildman–Crippen MR) is 133 cm³/mol. The average Bonchev–Trinajstić information content (AvgIpc) is 3.57. The standard InChI is InChI=1S/C26H28FN3O5S/c1-16(2)26(12-21(30-35-26)24-19-6-4-3-5-18(19)7-9-28-24)25(33)29-20(22(31)13-27)11-23(32)34-14-17-8-10-36-15-17/h4,6-10,15-16,20H,3,5,11-14H2,1-2H3,(H,29,33)/t20-,26?/m0/s1. The highest BCUT2D eigenvalue weighted by atomic mass is 32.1. The Balaban J connectivity index is 1.48. The summed E-state index contributed by atoms with van der Waals surface area (Å²) in [4.78, 5) is 48.3. The molecule has 0 aromatic carbocycles. The van der Waals surface area contributed by atoms with E-state index in [4.69, 9.17) is 9.57 Å². The number of ether oxygens (including phenoxy) is 1. The van der Waals surface area contributed by atoms with E-state index in [2.05, 4.69) is 21.5 Å². The third kappa shape index (κ3) is 5.38. The number of thiophene rings is 1. The molecule has 1 aliphatic carbocycles. The summed E-state index contributed by atoms with van der Waals surface area (Å²) in [5.41, 5.74) is 2.63. The molecule has 0 saturated carbocycles. The summed E-state index contributed by atoms with van der Waals surface area (Å²) in [6.45, 7) is 2.30. The second-order valence-electron chi connectivity index (χ2n) is 9.15. The fourth-order valence-electron chi connectivity index (χ4n) is 4.24. The van der Waals surface area contributed by atoms with Gasteiger partial charge in [0.2, 0.25) is 5.60 Å². The number of rotatable bonds is 10. The molecule has 2 aliphatic rings. The largest absolute Gasteiger partial charge is 0.461 e. The zero-order valence-corrected chi connectivity index (χ0v) is 21.0. The maximum atomic E-state index is 13.5. The van der Waals surface area contributed by atoms with Crippen LogP contribution in [0.1, 0.15) is 55.5 Å². The van der Waals surface area contributed by atoms with Crippen molar-refractivity contribution in [1.82, 2.24) is 10.3 Å². The number of Topliss-reactive ketones (excluding diaryl/α,β-unsaturated/α-hetero) is 1. The summed E-state index contributed by atoms with van der Waals surface area (Å²) in [5.74, 6) is -2.63. The Morgan fingerprint density at radius 2 is 2.14 bits per heavy atom. The number of amides is 1. The van der Waals surface area contributed by atoms with Gasteiger partial charge in [-0.15, -0.1) is 0 Å². The van der Waals surface area contributed by atoms with Crippen LogP contribution in [0.2, 0.25) is 0 Å². The van der Waals surface area contributed by atoms with Crippen molar-refractivity contribution in [3.8, 4) is 0 Å². The number of nitrogens with one attached hydrogen (secondary N) is 1. The van der Waals surface area contributed by atoms with Gasteiger partial charge >= 0.3 is 5.97 Å². The molecule has 10 heteroatoms. The van der Waals surface area contributed by atoms with E-state index in [1.807, 2.05) is 22.9 Å². The molecule has 2 aromatic heterocycles. The summed E-state index contributed by atoms with van der Waals surface area (Å²) in [6.07, 6.45) is 7.24. The van der Waals surface area contributed by atoms with Gasteiger partial charge in [-0.1, -0.05) is 31.2 Å². The molecule has 1 amide bonds. The van der Waals surface area contributed by atoms with E-state index in [0.29, 0.717) is 11.4 Å². The Kier molecular flexibility index (Phi) is 7.93. The van der Waals surface area contributed by atoms with E-state index in [-0.39, 0.29) is 18.9 Å². The first-order valence-electron chi connectivity index (χ1n) is 11.8. The summed E-state index contributed by atoms with van der Waals surface area (Å²) in [5, 5.41) is 10.4. The second-order valence-corrected chi connectivity index (χ2v) is 9.93. The molecule has 0 radical (unpaired) electrons. The van der Waals surface area contributed by atoms with Crippen LogP contribution >= 0.6 is 11.3 Å². The molecule has 0 bridgehead atoms. The summed E-state index contributed by atoms with van der Waals surface area (Å²) in [7, 11) is 0. The molecule has 0 fully saturated rings. The first kappa shape index (κ1) is 25.7. The highest BCUT2D eigenvalue weighted by Gasteiger charge is 2.51. The van der Waals surface area contributed by atoms with Crippen molar-refractivity contribution in [2.75, 3.05) is 6.67 Å². The lowest BCUT2D eigenvalue weighted by atomic mass is 9.83. The van der Waals surface area contributed by atoms with Gasteiger partial charge < -0.3 is 14.9 Å². The van der Waals surface area contributed by atoms with Crippen LogP contribution in [0.4, 0.5) is 4.39 Å². The number of ketones is 1. The lowest BCUT2D eigenvalue weighted by Gasteiger charge is -2.30. The van der Waals surface area contributed by atoms with Crippen LogP contribution in [0.3, 0.4) is 0 Å². The predicted octanol–water partition coefficient (Wildman–Crippen LogP) is 3.78. The number of carbonyl (C=O) groups excluding carboxylic acids is 3. The molecule has 0 spiro atoms. The number of hydrogen-bond donors (Lipinski definition) is 1. The molecule has 1 aliphatic heterocycles. The number of carbonyl (C=O) groups is 3. The van der Waals surface area contributed by atoms with Crippen LogP contribution in [0.15, 0.2) is 40.3 Å². The molecule has 36 heavy (non-hydrogen) atoms. The van der Waals surface area contributed by atoms with E-state index in [0.717, 1.165) is 29.5 Å². The maximum absolute atomic E-state index is 13.5. The smallest absolute Gasteiger partial charge is 0.308 e. The fourth-order valence-corrected chi connectivity index (χ4v) is 4.89. The molecule has 0 saturated heterocycles. The van der Waals surface area contributed by atoms with Crippen LogP contribution in [-0.4, -0.2) is 46.7 Å². The third-order valence-corrected chi connectivity index (χ3v) is 7.19. The number of aryl methyl sites for hydroxylation is 1. The number of halogens is 1. The van der Waals surface area contributed by atoms with E-state index < -0.39 is 42.4 Å². The minimum absolute atomic E-state index is 0.0336. The Morgan fingerprint density at radius 1 is 1.31 bits per heavy atom. The number of esters is 1. The Bertz CT molecular complexity index is 1190. The molecular weight excluding hydrogens is 485 g/mol. The SMILES string of the molecule is CC(C)C1(C(=O)N[C@@H](CC(=O)OCc2ccsc2)C(=O)CF)CC(c2nccc3c2C=CCC3)=NO1. The normalized spacial score (nSPS) is 19.3. The van der Waals surface area contributed by atoms with Crippen molar-refractivity contribution in [2.45, 2.75) is 57.8 Å². The van der Waals surface area contributed by atoms with Crippen LogP contribution in [0, 0.1) is 5.92 Å². The summed E-state index contributed by atoms with van der Waals surface area (Å²) >= 11 is 1.46. The number of oxime groups is 1. The molecule has 1 N–H and O–H groups in total.